The first-order chi connectivity index (χ1) is 12.7. The van der Waals surface area contributed by atoms with E-state index in [9.17, 15) is 9.59 Å². The van der Waals surface area contributed by atoms with Crippen molar-refractivity contribution in [3.8, 4) is 0 Å². The summed E-state index contributed by atoms with van der Waals surface area (Å²) in [6.45, 7) is -0.0408. The van der Waals surface area contributed by atoms with E-state index in [0.29, 0.717) is 16.1 Å². The molecule has 0 saturated heterocycles. The maximum atomic E-state index is 12.4. The zero-order valence-electron chi connectivity index (χ0n) is 13.7. The van der Waals surface area contributed by atoms with Gasteiger partial charge in [-0.25, -0.2) is 9.78 Å². The minimum atomic E-state index is -0.400. The van der Waals surface area contributed by atoms with Crippen LogP contribution in [0.25, 0.3) is 20.3 Å². The number of hydrogen-bond acceptors (Lipinski definition) is 6. The van der Waals surface area contributed by atoms with Crippen molar-refractivity contribution < 1.29 is 9.53 Å². The van der Waals surface area contributed by atoms with Gasteiger partial charge in [-0.15, -0.1) is 22.7 Å². The summed E-state index contributed by atoms with van der Waals surface area (Å²) in [7, 11) is 0. The van der Waals surface area contributed by atoms with Gasteiger partial charge in [0.1, 0.15) is 22.1 Å². The van der Waals surface area contributed by atoms with Crippen LogP contribution in [0.15, 0.2) is 35.1 Å². The molecule has 0 radical (unpaired) electrons. The Morgan fingerprint density at radius 3 is 3.00 bits per heavy atom. The topological polar surface area (TPSA) is 72.0 Å². The van der Waals surface area contributed by atoms with Gasteiger partial charge in [0.05, 0.1) is 5.39 Å². The van der Waals surface area contributed by atoms with Crippen molar-refractivity contribution in [3.63, 3.8) is 0 Å². The SMILES string of the molecule is O=C(OCc1nc2sc3c(c2c(=O)[nH]1)CCC3)c1cc2ccccc2s1. The van der Waals surface area contributed by atoms with Gasteiger partial charge in [0.15, 0.2) is 0 Å². The molecular formula is C19H14N2O3S2. The van der Waals surface area contributed by atoms with Crippen LogP contribution in [0.5, 0.6) is 0 Å². The van der Waals surface area contributed by atoms with Crippen molar-refractivity contribution in [2.75, 3.05) is 0 Å². The summed E-state index contributed by atoms with van der Waals surface area (Å²) in [4.78, 5) is 34.6. The Balaban J connectivity index is 1.39. The number of carbonyl (C=O) groups excluding carboxylic acids is 1. The second kappa shape index (κ2) is 6.03. The molecule has 26 heavy (non-hydrogen) atoms. The van der Waals surface area contributed by atoms with Crippen molar-refractivity contribution in [2.24, 2.45) is 0 Å². The average molecular weight is 382 g/mol. The van der Waals surface area contributed by atoms with Crippen molar-refractivity contribution >= 4 is 48.9 Å². The lowest BCUT2D eigenvalue weighted by atomic mass is 10.2. The smallest absolute Gasteiger partial charge is 0.348 e. The number of benzene rings is 1. The highest BCUT2D eigenvalue weighted by Crippen LogP contribution is 2.34. The molecule has 1 aliphatic rings. The number of esters is 1. The van der Waals surface area contributed by atoms with Crippen molar-refractivity contribution in [2.45, 2.75) is 25.9 Å². The van der Waals surface area contributed by atoms with Crippen LogP contribution in [-0.2, 0) is 24.2 Å². The molecule has 0 amide bonds. The third kappa shape index (κ3) is 2.55. The Kier molecular flexibility index (Phi) is 3.65. The van der Waals surface area contributed by atoms with Gasteiger partial charge in [-0.3, -0.25) is 4.79 Å². The van der Waals surface area contributed by atoms with Gasteiger partial charge in [0.25, 0.3) is 5.56 Å². The van der Waals surface area contributed by atoms with E-state index in [2.05, 4.69) is 9.97 Å². The normalized spacial score (nSPS) is 13.4. The largest absolute Gasteiger partial charge is 0.453 e. The molecule has 0 unspecified atom stereocenters. The number of rotatable bonds is 3. The van der Waals surface area contributed by atoms with E-state index in [0.717, 1.165) is 39.7 Å². The van der Waals surface area contributed by atoms with Gasteiger partial charge in [0.2, 0.25) is 0 Å². The summed E-state index contributed by atoms with van der Waals surface area (Å²) >= 11 is 2.98. The Morgan fingerprint density at radius 2 is 2.12 bits per heavy atom. The molecule has 7 heteroatoms. The molecule has 0 bridgehead atoms. The maximum absolute atomic E-state index is 12.4. The number of hydrogen-bond donors (Lipinski definition) is 1. The summed E-state index contributed by atoms with van der Waals surface area (Å²) in [5.74, 6) is -0.0143. The van der Waals surface area contributed by atoms with E-state index in [1.54, 1.807) is 11.3 Å². The maximum Gasteiger partial charge on any atom is 0.348 e. The number of aromatic amines is 1. The molecular weight excluding hydrogens is 368 g/mol. The molecule has 0 fully saturated rings. The van der Waals surface area contributed by atoms with E-state index in [1.807, 2.05) is 30.3 Å². The van der Waals surface area contributed by atoms with Crippen LogP contribution in [0.4, 0.5) is 0 Å². The first-order valence-corrected chi connectivity index (χ1v) is 10.0. The molecule has 5 rings (SSSR count). The minimum Gasteiger partial charge on any atom is -0.453 e. The van der Waals surface area contributed by atoms with Crippen LogP contribution in [0.2, 0.25) is 0 Å². The second-order valence-electron chi connectivity index (χ2n) is 6.27. The highest BCUT2D eigenvalue weighted by molar-refractivity contribution is 7.20. The summed E-state index contributed by atoms with van der Waals surface area (Å²) < 4.78 is 6.41. The van der Waals surface area contributed by atoms with E-state index in [4.69, 9.17) is 4.74 Å². The van der Waals surface area contributed by atoms with Gasteiger partial charge in [-0.1, -0.05) is 18.2 Å². The molecule has 3 aromatic heterocycles. The quantitative estimate of drug-likeness (QED) is 0.543. The molecule has 0 atom stereocenters. The third-order valence-electron chi connectivity index (χ3n) is 4.59. The third-order valence-corrected chi connectivity index (χ3v) is 6.87. The van der Waals surface area contributed by atoms with E-state index in [1.165, 1.54) is 16.2 Å². The van der Waals surface area contributed by atoms with Crippen molar-refractivity contribution in [1.29, 1.82) is 0 Å². The van der Waals surface area contributed by atoms with Gasteiger partial charge in [-0.2, -0.15) is 0 Å². The lowest BCUT2D eigenvalue weighted by Gasteiger charge is -2.03. The monoisotopic (exact) mass is 382 g/mol. The molecule has 1 aromatic carbocycles. The molecule has 1 aliphatic carbocycles. The molecule has 3 heterocycles. The molecule has 130 valence electrons. The lowest BCUT2D eigenvalue weighted by molar-refractivity contribution is 0.0468. The summed E-state index contributed by atoms with van der Waals surface area (Å²) in [5, 5.41) is 1.73. The Labute approximate surface area is 156 Å². The van der Waals surface area contributed by atoms with Gasteiger partial charge in [0, 0.05) is 9.58 Å². The number of ether oxygens (including phenoxy) is 1. The number of thiophene rings is 2. The van der Waals surface area contributed by atoms with Crippen LogP contribution in [0.1, 0.15) is 32.4 Å². The number of carbonyl (C=O) groups is 1. The number of aryl methyl sites for hydroxylation is 2. The van der Waals surface area contributed by atoms with Crippen LogP contribution < -0.4 is 5.56 Å². The fourth-order valence-electron chi connectivity index (χ4n) is 3.40. The van der Waals surface area contributed by atoms with Gasteiger partial charge < -0.3 is 9.72 Å². The predicted molar refractivity (Wildman–Crippen MR) is 103 cm³/mol. The minimum absolute atomic E-state index is 0.0408. The highest BCUT2D eigenvalue weighted by Gasteiger charge is 2.21. The zero-order chi connectivity index (χ0) is 17.7. The van der Waals surface area contributed by atoms with E-state index in [-0.39, 0.29) is 12.2 Å². The predicted octanol–water partition coefficient (Wildman–Crippen LogP) is 4.05. The Hall–Kier alpha value is -2.51. The van der Waals surface area contributed by atoms with Gasteiger partial charge >= 0.3 is 5.97 Å². The zero-order valence-corrected chi connectivity index (χ0v) is 15.3. The van der Waals surface area contributed by atoms with Crippen LogP contribution in [-0.4, -0.2) is 15.9 Å². The average Bonchev–Trinajstić information content (AvgIpc) is 3.32. The number of nitrogens with one attached hydrogen (secondary N) is 1. The van der Waals surface area contributed by atoms with Crippen molar-refractivity contribution in [3.05, 3.63) is 61.8 Å². The second-order valence-corrected chi connectivity index (χ2v) is 8.44. The van der Waals surface area contributed by atoms with Crippen LogP contribution >= 0.6 is 22.7 Å². The standard InChI is InChI=1S/C19H14N2O3S2/c22-17-16-11-5-3-7-13(11)26-18(16)21-15(20-17)9-24-19(23)14-8-10-4-1-2-6-12(10)25-14/h1-2,4,6,8H,3,5,7,9H2,(H,20,21,22). The van der Waals surface area contributed by atoms with Crippen LogP contribution in [0.3, 0.4) is 0 Å². The van der Waals surface area contributed by atoms with Gasteiger partial charge in [-0.05, 0) is 42.3 Å². The molecule has 4 aromatic rings. The van der Waals surface area contributed by atoms with E-state index < -0.39 is 5.97 Å². The van der Waals surface area contributed by atoms with E-state index >= 15 is 0 Å². The fourth-order valence-corrected chi connectivity index (χ4v) is 5.64. The molecule has 0 aliphatic heterocycles. The number of nitrogens with zero attached hydrogens (tertiary/aromatic N) is 1. The highest BCUT2D eigenvalue weighted by atomic mass is 32.1. The summed E-state index contributed by atoms with van der Waals surface area (Å²) in [6, 6.07) is 9.64. The fraction of sp³-hybridized carbons (Fsp3) is 0.211. The Bertz CT molecular complexity index is 1190. The van der Waals surface area contributed by atoms with Crippen LogP contribution in [0, 0.1) is 0 Å². The summed E-state index contributed by atoms with van der Waals surface area (Å²) in [6.07, 6.45) is 3.07. The molecule has 0 saturated carbocycles. The first kappa shape index (κ1) is 15.7. The molecule has 1 N–H and O–H groups in total. The number of fused-ring (bicyclic) bond motifs is 4. The summed E-state index contributed by atoms with van der Waals surface area (Å²) in [5.41, 5.74) is 1.01. The Morgan fingerprint density at radius 1 is 1.23 bits per heavy atom. The molecule has 5 nitrogen and oxygen atoms in total. The first-order valence-electron chi connectivity index (χ1n) is 8.38. The number of H-pyrrole nitrogens is 1. The molecule has 0 spiro atoms. The lowest BCUT2D eigenvalue weighted by Crippen LogP contribution is -2.14. The van der Waals surface area contributed by atoms with Crippen molar-refractivity contribution in [1.82, 2.24) is 9.97 Å². The number of aromatic nitrogens is 2.